The molecule has 2 heterocycles. The number of aromatic nitrogens is 1. The van der Waals surface area contributed by atoms with Gasteiger partial charge >= 0.3 is 0 Å². The summed E-state index contributed by atoms with van der Waals surface area (Å²) in [6.07, 6.45) is -0.979. The fourth-order valence-corrected chi connectivity index (χ4v) is 5.96. The van der Waals surface area contributed by atoms with E-state index in [1.54, 1.807) is 6.20 Å². The quantitative estimate of drug-likeness (QED) is 0.390. The van der Waals surface area contributed by atoms with Crippen molar-refractivity contribution in [1.29, 1.82) is 0 Å². The van der Waals surface area contributed by atoms with Crippen molar-refractivity contribution in [2.24, 2.45) is 0 Å². The molecule has 1 aliphatic heterocycles. The number of hydrogen-bond donors (Lipinski definition) is 2. The van der Waals surface area contributed by atoms with Crippen LogP contribution in [0.2, 0.25) is 0 Å². The van der Waals surface area contributed by atoms with Gasteiger partial charge in [-0.3, -0.25) is 10.4 Å². The van der Waals surface area contributed by atoms with Crippen LogP contribution in [-0.4, -0.2) is 52.1 Å². The van der Waals surface area contributed by atoms with Crippen LogP contribution in [0.15, 0.2) is 67.5 Å². The zero-order valence-electron chi connectivity index (χ0n) is 18.0. The highest BCUT2D eigenvalue weighted by molar-refractivity contribution is 8.15. The summed E-state index contributed by atoms with van der Waals surface area (Å²) in [7, 11) is -0.105. The third kappa shape index (κ3) is 6.51. The number of nitrogens with zero attached hydrogens (tertiary/aromatic N) is 3. The van der Waals surface area contributed by atoms with E-state index in [0.29, 0.717) is 17.8 Å². The molecule has 1 fully saturated rings. The van der Waals surface area contributed by atoms with Crippen molar-refractivity contribution < 1.29 is 8.78 Å². The molecule has 0 radical (unpaired) electrons. The fourth-order valence-electron chi connectivity index (χ4n) is 3.03. The average Bonchev–Trinajstić information content (AvgIpc) is 2.81. The first-order valence-electron chi connectivity index (χ1n) is 10.1. The molecular weight excluding hydrogens is 448 g/mol. The lowest BCUT2D eigenvalue weighted by Crippen LogP contribution is -2.34. The van der Waals surface area contributed by atoms with Crippen LogP contribution in [0.5, 0.6) is 0 Å². The minimum Gasteiger partial charge on any atom is -0.304 e. The maximum absolute atomic E-state index is 12.6. The topological polar surface area (TPSA) is 43.4 Å². The Balaban J connectivity index is 1.71. The first-order chi connectivity index (χ1) is 15.3. The smallest absolute Gasteiger partial charge is 0.279 e. The van der Waals surface area contributed by atoms with E-state index in [-0.39, 0.29) is 21.3 Å². The molecule has 0 bridgehead atoms. The van der Waals surface area contributed by atoms with Crippen molar-refractivity contribution in [1.82, 2.24) is 20.1 Å². The second-order valence-corrected chi connectivity index (χ2v) is 10.9. The number of rotatable bonds is 10. The summed E-state index contributed by atoms with van der Waals surface area (Å²) in [5.41, 5.74) is 7.68. The van der Waals surface area contributed by atoms with Crippen LogP contribution in [0, 0.1) is 0 Å². The van der Waals surface area contributed by atoms with Gasteiger partial charge in [0.2, 0.25) is 0 Å². The van der Waals surface area contributed by atoms with E-state index < -0.39 is 12.1 Å². The van der Waals surface area contributed by atoms with Gasteiger partial charge in [-0.2, -0.15) is 10.5 Å². The van der Waals surface area contributed by atoms with Gasteiger partial charge in [0, 0.05) is 42.0 Å². The molecule has 9 heteroatoms. The van der Waals surface area contributed by atoms with Crippen molar-refractivity contribution in [3.05, 3.63) is 78.8 Å². The van der Waals surface area contributed by atoms with Crippen molar-refractivity contribution in [2.45, 2.75) is 13.0 Å². The summed E-state index contributed by atoms with van der Waals surface area (Å²) in [6.45, 7) is 9.71. The normalized spacial score (nSPS) is 15.8. The van der Waals surface area contributed by atoms with Crippen LogP contribution in [0.1, 0.15) is 11.3 Å². The summed E-state index contributed by atoms with van der Waals surface area (Å²) >= 11 is 0. The number of benzene rings is 1. The number of alkyl halides is 2. The third-order valence-corrected chi connectivity index (χ3v) is 8.30. The summed E-state index contributed by atoms with van der Waals surface area (Å²) < 4.78 is 29.8. The molecule has 1 aromatic heterocycles. The van der Waals surface area contributed by atoms with Gasteiger partial charge in [0.15, 0.2) is 0 Å². The van der Waals surface area contributed by atoms with Crippen LogP contribution in [0.4, 0.5) is 14.5 Å². The zero-order valence-corrected chi connectivity index (χ0v) is 19.6. The van der Waals surface area contributed by atoms with Crippen molar-refractivity contribution >= 4 is 44.5 Å². The molecular formula is C23H29F2N5S2. The number of halogens is 2. The molecule has 0 spiro atoms. The van der Waals surface area contributed by atoms with Gasteiger partial charge in [-0.25, -0.2) is 13.1 Å². The number of anilines is 1. The summed E-state index contributed by atoms with van der Waals surface area (Å²) in [6, 6.07) is 14.0. The summed E-state index contributed by atoms with van der Waals surface area (Å²) in [4.78, 5) is 4.58. The van der Waals surface area contributed by atoms with Crippen LogP contribution in [0.25, 0.3) is 5.70 Å². The molecule has 0 amide bonds. The predicted octanol–water partition coefficient (Wildman–Crippen LogP) is 4.48. The Morgan fingerprint density at radius 2 is 1.81 bits per heavy atom. The molecule has 2 N–H and O–H groups in total. The highest BCUT2D eigenvalue weighted by atomic mass is 32.2. The van der Waals surface area contributed by atoms with Gasteiger partial charge in [-0.1, -0.05) is 37.2 Å². The van der Waals surface area contributed by atoms with E-state index >= 15 is 0 Å². The molecule has 1 saturated heterocycles. The molecule has 32 heavy (non-hydrogen) atoms. The largest absolute Gasteiger partial charge is 0.304 e. The van der Waals surface area contributed by atoms with Crippen LogP contribution >= 0.6 is 21.3 Å². The third-order valence-electron chi connectivity index (χ3n) is 4.97. The number of nitrogens with one attached hydrogen (secondary N) is 2. The molecule has 1 unspecified atom stereocenters. The molecule has 1 aliphatic rings. The highest BCUT2D eigenvalue weighted by Gasteiger charge is 2.20. The molecule has 1 atom stereocenters. The Labute approximate surface area is 193 Å². The molecule has 172 valence electrons. The Morgan fingerprint density at radius 1 is 1.12 bits per heavy atom. The minimum absolute atomic E-state index is 0.250. The number of allylic oxidation sites excluding steroid dienone is 1. The highest BCUT2D eigenvalue weighted by Crippen LogP contribution is 2.34. The first-order valence-corrected chi connectivity index (χ1v) is 13.1. The monoisotopic (exact) mass is 477 g/mol. The maximum atomic E-state index is 12.6. The van der Waals surface area contributed by atoms with Crippen LogP contribution < -0.4 is 15.2 Å². The average molecular weight is 478 g/mol. The summed E-state index contributed by atoms with van der Waals surface area (Å²) in [5, 5.41) is 0. The molecule has 5 nitrogen and oxygen atoms in total. The van der Waals surface area contributed by atoms with Crippen molar-refractivity contribution in [2.75, 3.05) is 28.9 Å². The fraction of sp³-hybridized carbons (Fsp3) is 0.261. The summed E-state index contributed by atoms with van der Waals surface area (Å²) in [5.74, 6) is 10.9. The minimum atomic E-state index is -2.66. The Morgan fingerprint density at radius 3 is 2.41 bits per heavy atom. The Kier molecular flexibility index (Phi) is 8.60. The van der Waals surface area contributed by atoms with Crippen LogP contribution in [0.3, 0.4) is 0 Å². The van der Waals surface area contributed by atoms with E-state index in [2.05, 4.69) is 61.5 Å². The van der Waals surface area contributed by atoms with Gasteiger partial charge in [0.25, 0.3) is 6.43 Å². The van der Waals surface area contributed by atoms with Gasteiger partial charge in [-0.15, -0.1) is 0 Å². The number of para-hydroxylation sites is 1. The second-order valence-electron chi connectivity index (χ2n) is 7.25. The van der Waals surface area contributed by atoms with Gasteiger partial charge in [0.1, 0.15) is 0 Å². The lowest BCUT2D eigenvalue weighted by molar-refractivity contribution is 0.179. The van der Waals surface area contributed by atoms with Gasteiger partial charge in [-0.05, 0) is 41.0 Å². The Hall–Kier alpha value is -2.49. The van der Waals surface area contributed by atoms with Crippen molar-refractivity contribution in [3.63, 3.8) is 0 Å². The number of hydrogen-bond acceptors (Lipinski definition) is 5. The van der Waals surface area contributed by atoms with Gasteiger partial charge in [0.05, 0.1) is 23.6 Å². The SMILES string of the molecule is C=C(NNC(=C)C(F)F)c1ccc(CN(c2ccccc2)S(=C)N2CCS(=C)CC2)nc1. The molecule has 3 rings (SSSR count). The van der Waals surface area contributed by atoms with Crippen LogP contribution in [-0.2, 0) is 6.54 Å². The van der Waals surface area contributed by atoms with E-state index in [1.807, 2.05) is 30.3 Å². The van der Waals surface area contributed by atoms with E-state index in [9.17, 15) is 8.78 Å². The maximum Gasteiger partial charge on any atom is 0.279 e. The molecule has 0 saturated carbocycles. The molecule has 0 aliphatic carbocycles. The van der Waals surface area contributed by atoms with E-state index in [1.165, 1.54) is 0 Å². The number of hydrazine groups is 1. The van der Waals surface area contributed by atoms with Crippen molar-refractivity contribution in [3.8, 4) is 0 Å². The standard InChI is InChI=1S/C23H29F2N5S2/c1-18(27-28-19(2)23(24)25)20-10-11-21(26-16-20)17-30(22-8-6-5-7-9-22)32(4)29-12-14-31(3)15-13-29/h5-11,16,23,27-28H,1-4,12-15,17H2. The van der Waals surface area contributed by atoms with E-state index in [4.69, 9.17) is 0 Å². The Bertz CT molecular complexity index is 970. The lowest BCUT2D eigenvalue weighted by atomic mass is 10.2. The van der Waals surface area contributed by atoms with Gasteiger partial charge < -0.3 is 9.73 Å². The predicted molar refractivity (Wildman–Crippen MR) is 138 cm³/mol. The second kappa shape index (κ2) is 11.4. The van der Waals surface area contributed by atoms with E-state index in [0.717, 1.165) is 36.0 Å². The lowest BCUT2D eigenvalue weighted by Gasteiger charge is -2.37. The first kappa shape index (κ1) is 24.2. The number of pyridine rings is 1. The molecule has 2 aromatic rings. The zero-order chi connectivity index (χ0) is 23.1. The molecule has 1 aromatic carbocycles.